The van der Waals surface area contributed by atoms with E-state index in [9.17, 15) is 29.3 Å². The first-order valence-electron chi connectivity index (χ1n) is 17.2. The number of nitrogen functional groups attached to an aromatic ring is 1. The van der Waals surface area contributed by atoms with Crippen LogP contribution in [0, 0.1) is 22.7 Å². The lowest BCUT2D eigenvalue weighted by atomic mass is 9.91. The maximum absolute atomic E-state index is 14.3. The molecule has 6 atom stereocenters. The number of benzene rings is 1. The molecule has 1 aliphatic rings. The fourth-order valence-corrected chi connectivity index (χ4v) is 6.83. The van der Waals surface area contributed by atoms with Gasteiger partial charge in [0.1, 0.15) is 55.1 Å². The van der Waals surface area contributed by atoms with E-state index in [0.717, 1.165) is 19.2 Å². The van der Waals surface area contributed by atoms with Crippen LogP contribution in [-0.4, -0.2) is 88.2 Å². The molecule has 3 aromatic rings. The van der Waals surface area contributed by atoms with Crippen LogP contribution in [0.25, 0.3) is 5.52 Å². The average Bonchev–Trinajstić information content (AvgIpc) is 3.67. The van der Waals surface area contributed by atoms with Crippen molar-refractivity contribution in [2.75, 3.05) is 32.2 Å². The van der Waals surface area contributed by atoms with Gasteiger partial charge in [0.15, 0.2) is 17.7 Å². The first kappa shape index (κ1) is 41.3. The lowest BCUT2D eigenvalue weighted by Gasteiger charge is -2.26. The number of fused-ring (bicyclic) bond motifs is 1. The Morgan fingerprint density at radius 2 is 1.85 bits per heavy atom. The number of hydrogen-bond donors (Lipinski definition) is 3. The van der Waals surface area contributed by atoms with Crippen molar-refractivity contribution in [3.05, 3.63) is 54.5 Å². The third-order valence-corrected chi connectivity index (χ3v) is 10.4. The van der Waals surface area contributed by atoms with Gasteiger partial charge < -0.3 is 34.3 Å². The Labute approximate surface area is 307 Å². The lowest BCUT2D eigenvalue weighted by Crippen LogP contribution is -2.43. The molecule has 3 heterocycles. The number of carbonyl (C=O) groups excluding carboxylic acids is 3. The Morgan fingerprint density at radius 3 is 2.49 bits per heavy atom. The van der Waals surface area contributed by atoms with Gasteiger partial charge in [-0.25, -0.2) is 18.9 Å². The largest absolute Gasteiger partial charge is 0.464 e. The molecule has 0 saturated carbocycles. The zero-order valence-electron chi connectivity index (χ0n) is 30.6. The summed E-state index contributed by atoms with van der Waals surface area (Å²) < 4.78 is 49.7. The van der Waals surface area contributed by atoms with Gasteiger partial charge in [-0.3, -0.25) is 14.1 Å². The van der Waals surface area contributed by atoms with Crippen LogP contribution in [0.3, 0.4) is 0 Å². The normalized spacial score (nSPS) is 21.8. The highest BCUT2D eigenvalue weighted by atomic mass is 31.2. The summed E-state index contributed by atoms with van der Waals surface area (Å²) in [6.07, 6.45) is -2.23. The van der Waals surface area contributed by atoms with Gasteiger partial charge in [0.25, 0.3) is 0 Å². The first-order chi connectivity index (χ1) is 25.1. The first-order valence-corrected chi connectivity index (χ1v) is 18.7. The number of anilines is 1. The van der Waals surface area contributed by atoms with Gasteiger partial charge in [0.2, 0.25) is 5.60 Å². The monoisotopic (exact) mass is 758 g/mol. The molecule has 0 amide bonds. The Bertz CT molecular complexity index is 1820. The van der Waals surface area contributed by atoms with Crippen molar-refractivity contribution in [2.24, 2.45) is 11.3 Å². The molecule has 1 saturated heterocycles. The van der Waals surface area contributed by atoms with Crippen LogP contribution in [0.2, 0.25) is 0 Å². The van der Waals surface area contributed by atoms with Gasteiger partial charge in [-0.15, -0.1) is 0 Å². The van der Waals surface area contributed by atoms with E-state index in [1.165, 1.54) is 35.7 Å². The van der Waals surface area contributed by atoms with Gasteiger partial charge in [-0.2, -0.15) is 15.4 Å². The zero-order valence-corrected chi connectivity index (χ0v) is 31.5. The predicted molar refractivity (Wildman–Crippen MR) is 189 cm³/mol. The SMILES string of the molecule is CCC(CC)COC(=O)[C@H](C)N[P@](=O)(OC[C@H]1O[C@@](C#N)(c2ccc3c(N)ncnn23)[C@H](O)[C@@H]1OC(=O)COCC(=O)C(C)(C)C)Oc1ccccc1. The summed E-state index contributed by atoms with van der Waals surface area (Å²) in [5, 5.41) is 29.0. The number of para-hydroxylation sites is 1. The van der Waals surface area contributed by atoms with Crippen LogP contribution in [0.15, 0.2) is 48.8 Å². The molecule has 17 nitrogen and oxygen atoms in total. The van der Waals surface area contributed by atoms with Gasteiger partial charge in [0, 0.05) is 5.41 Å². The van der Waals surface area contributed by atoms with E-state index >= 15 is 0 Å². The maximum Gasteiger partial charge on any atom is 0.459 e. The third-order valence-electron chi connectivity index (χ3n) is 8.72. The molecule has 2 aromatic heterocycles. The fraction of sp³-hybridized carbons (Fsp3) is 0.543. The molecule has 0 unspecified atom stereocenters. The van der Waals surface area contributed by atoms with Gasteiger partial charge in [0.05, 0.1) is 18.9 Å². The Kier molecular flexibility index (Phi) is 13.7. The fourth-order valence-electron chi connectivity index (χ4n) is 5.33. The highest BCUT2D eigenvalue weighted by Crippen LogP contribution is 2.48. The summed E-state index contributed by atoms with van der Waals surface area (Å²) in [6.45, 7) is 8.91. The van der Waals surface area contributed by atoms with E-state index in [2.05, 4.69) is 15.2 Å². The number of ketones is 1. The highest BCUT2D eigenvalue weighted by molar-refractivity contribution is 7.52. The number of ether oxygens (including phenoxy) is 4. The minimum Gasteiger partial charge on any atom is -0.464 e. The van der Waals surface area contributed by atoms with Crippen LogP contribution in [0.5, 0.6) is 5.75 Å². The van der Waals surface area contributed by atoms with E-state index in [4.69, 9.17) is 33.7 Å². The van der Waals surface area contributed by atoms with Crippen LogP contribution in [-0.2, 0) is 48.0 Å². The molecule has 53 heavy (non-hydrogen) atoms. The number of nitrogens with zero attached hydrogens (tertiary/aromatic N) is 4. The van der Waals surface area contributed by atoms with Gasteiger partial charge in [-0.05, 0) is 37.1 Å². The summed E-state index contributed by atoms with van der Waals surface area (Å²) in [5.41, 5.74) is 3.36. The van der Waals surface area contributed by atoms with E-state index in [1.54, 1.807) is 39.0 Å². The molecule has 1 aliphatic heterocycles. The second kappa shape index (κ2) is 17.6. The zero-order chi connectivity index (χ0) is 39.0. The highest BCUT2D eigenvalue weighted by Gasteiger charge is 2.60. The van der Waals surface area contributed by atoms with Crippen LogP contribution < -0.4 is 15.3 Å². The molecule has 0 spiro atoms. The van der Waals surface area contributed by atoms with Crippen LogP contribution >= 0.6 is 7.75 Å². The predicted octanol–water partition coefficient (Wildman–Crippen LogP) is 3.49. The Balaban J connectivity index is 1.62. The molecule has 0 radical (unpaired) electrons. The second-order valence-corrected chi connectivity index (χ2v) is 15.3. The van der Waals surface area contributed by atoms with Crippen molar-refractivity contribution in [1.29, 1.82) is 5.26 Å². The van der Waals surface area contributed by atoms with Crippen LogP contribution in [0.1, 0.15) is 60.1 Å². The minimum absolute atomic E-state index is 0.0165. The standard InChI is InChI=1S/C35H47N6O11P/c1-7-23(8-2)16-48-33(45)22(3)40-53(46,52-24-12-10-9-11-13-24)49-17-26-30(50-29(43)19-47-18-28(42)34(4,5)6)31(44)35(20-36,51-26)27-15-14-25-32(37)38-21-39-41(25)27/h9-15,21-23,26,30-31,44H,7-8,16-19H2,1-6H3,(H,40,46)(H2,37,38,39)/t22-,26+,30+,31+,35-,53-/m0/s1. The molecule has 1 aromatic carbocycles. The van der Waals surface area contributed by atoms with Gasteiger partial charge in [-0.1, -0.05) is 65.7 Å². The van der Waals surface area contributed by atoms with Crippen molar-refractivity contribution in [3.63, 3.8) is 0 Å². The van der Waals surface area contributed by atoms with E-state index in [-0.39, 0.29) is 42.2 Å². The number of rotatable bonds is 18. The maximum atomic E-state index is 14.3. The van der Waals surface area contributed by atoms with Crippen molar-refractivity contribution in [3.8, 4) is 11.8 Å². The topological polar surface area (TPSA) is 236 Å². The Morgan fingerprint density at radius 1 is 1.15 bits per heavy atom. The molecule has 0 aliphatic carbocycles. The summed E-state index contributed by atoms with van der Waals surface area (Å²) in [6, 6.07) is 11.8. The molecule has 4 N–H and O–H groups in total. The number of nitriles is 1. The summed E-state index contributed by atoms with van der Waals surface area (Å²) >= 11 is 0. The number of carbonyl (C=O) groups is 3. The molecule has 0 bridgehead atoms. The Hall–Kier alpha value is -4.43. The number of nitrogens with two attached hydrogens (primary N) is 1. The van der Waals surface area contributed by atoms with E-state index in [0.29, 0.717) is 5.52 Å². The molecular formula is C35H47N6O11P. The number of esters is 2. The van der Waals surface area contributed by atoms with Crippen molar-refractivity contribution < 1.29 is 52.1 Å². The number of aliphatic hydroxyl groups excluding tert-OH is 1. The van der Waals surface area contributed by atoms with Crippen molar-refractivity contribution in [2.45, 2.75) is 84.3 Å². The van der Waals surface area contributed by atoms with Crippen molar-refractivity contribution in [1.82, 2.24) is 19.7 Å². The molecule has 18 heteroatoms. The molecular weight excluding hydrogens is 711 g/mol. The number of hydrogen-bond acceptors (Lipinski definition) is 15. The van der Waals surface area contributed by atoms with Crippen molar-refractivity contribution >= 4 is 36.8 Å². The summed E-state index contributed by atoms with van der Waals surface area (Å²) in [5.74, 6) is -1.62. The number of aliphatic hydroxyl groups is 1. The quantitative estimate of drug-likeness (QED) is 0.124. The molecule has 288 valence electrons. The molecule has 1 fully saturated rings. The smallest absolute Gasteiger partial charge is 0.459 e. The van der Waals surface area contributed by atoms with E-state index in [1.807, 2.05) is 19.9 Å². The van der Waals surface area contributed by atoms with E-state index < -0.39 is 68.3 Å². The third kappa shape index (κ3) is 9.96. The number of nitrogens with one attached hydrogen (secondary N) is 1. The van der Waals surface area contributed by atoms with Crippen LogP contribution in [0.4, 0.5) is 5.82 Å². The summed E-state index contributed by atoms with van der Waals surface area (Å²) in [7, 11) is -4.49. The second-order valence-electron chi connectivity index (χ2n) is 13.6. The number of Topliss-reactive ketones (excluding diaryl/α,β-unsaturated/α-hetero) is 1. The average molecular weight is 759 g/mol. The minimum atomic E-state index is -4.49. The molecule has 4 rings (SSSR count). The lowest BCUT2D eigenvalue weighted by molar-refractivity contribution is -0.162. The van der Waals surface area contributed by atoms with Gasteiger partial charge >= 0.3 is 19.7 Å². The number of aromatic nitrogens is 3. The summed E-state index contributed by atoms with van der Waals surface area (Å²) in [4.78, 5) is 42.2.